The van der Waals surface area contributed by atoms with Crippen molar-refractivity contribution in [3.8, 4) is 0 Å². The molecule has 0 spiro atoms. The number of thiophene rings is 1. The average Bonchev–Trinajstić information content (AvgIpc) is 3.60. The predicted octanol–water partition coefficient (Wildman–Crippen LogP) is 4.08. The first-order chi connectivity index (χ1) is 17.9. The largest absolute Gasteiger partial charge is 0.443 e. The molecule has 1 aliphatic carbocycles. The van der Waals surface area contributed by atoms with Crippen LogP contribution in [0.5, 0.6) is 0 Å². The molecule has 2 aromatic rings. The lowest BCUT2D eigenvalue weighted by atomic mass is 9.68. The minimum Gasteiger partial charge on any atom is -0.443 e. The van der Waals surface area contributed by atoms with Gasteiger partial charge >= 0.3 is 0 Å². The second-order valence-electron chi connectivity index (χ2n) is 10.1. The third-order valence-corrected chi connectivity index (χ3v) is 9.03. The normalized spacial score (nSPS) is 23.8. The maximum atomic E-state index is 13.1. The Labute approximate surface area is 226 Å². The topological polar surface area (TPSA) is 112 Å². The summed E-state index contributed by atoms with van der Waals surface area (Å²) < 4.78 is 6.21. The van der Waals surface area contributed by atoms with Gasteiger partial charge in [-0.1, -0.05) is 62.7 Å². The molecule has 2 amide bonds. The van der Waals surface area contributed by atoms with Crippen LogP contribution in [0.3, 0.4) is 0 Å². The maximum absolute atomic E-state index is 13.1. The molecule has 1 saturated carbocycles. The maximum Gasteiger partial charge on any atom is 0.269 e. The fraction of sp³-hybridized carbons (Fsp3) is 0.519. The van der Waals surface area contributed by atoms with Gasteiger partial charge in [-0.05, 0) is 48.8 Å². The highest BCUT2D eigenvalue weighted by Crippen LogP contribution is 2.41. The van der Waals surface area contributed by atoms with E-state index in [-0.39, 0.29) is 23.8 Å². The molecule has 0 saturated heterocycles. The number of aliphatic hydroxyl groups is 1. The molecule has 4 rings (SSSR count). The zero-order valence-electron chi connectivity index (χ0n) is 21.3. The lowest BCUT2D eigenvalue weighted by molar-refractivity contribution is -0.152. The SMILES string of the molecule is CC(C)C[C@H](NC=O)C(O)(C1NN=C(SCc2cccs2)O1)[C@@H]1CCCC[C@@H]1NC(=O)c1ccccc1. The number of ether oxygens (including phenoxy) is 1. The fourth-order valence-electron chi connectivity index (χ4n) is 5.33. The standard InChI is InChI=1S/C27H36N4O4S2/c1-18(2)15-23(28-17-32)27(34,25-30-31-26(35-25)37-16-20-11-8-14-36-20)21-12-6-7-13-22(21)29-24(33)19-9-4-3-5-10-19/h3-5,8-11,14,17-18,21-23,25,30,34H,6-7,12-13,15-16H2,1-2H3,(H,28,32)(H,29,33)/t21-,22+,23+,25?,27?/m1/s1. The molecule has 2 unspecified atom stereocenters. The van der Waals surface area contributed by atoms with Crippen molar-refractivity contribution in [3.63, 3.8) is 0 Å². The van der Waals surface area contributed by atoms with E-state index in [1.54, 1.807) is 23.5 Å². The van der Waals surface area contributed by atoms with Crippen LogP contribution in [-0.4, -0.2) is 46.6 Å². The third kappa shape index (κ3) is 6.66. The van der Waals surface area contributed by atoms with Crippen molar-refractivity contribution >= 4 is 40.6 Å². The average molecular weight is 545 g/mol. The Morgan fingerprint density at radius 3 is 2.76 bits per heavy atom. The molecule has 1 aromatic heterocycles. The van der Waals surface area contributed by atoms with Crippen LogP contribution < -0.4 is 16.1 Å². The number of thioether (sulfide) groups is 1. The number of rotatable bonds is 11. The van der Waals surface area contributed by atoms with Crippen LogP contribution in [0.15, 0.2) is 52.9 Å². The number of benzene rings is 1. The number of hydrogen-bond acceptors (Lipinski definition) is 8. The molecule has 4 N–H and O–H groups in total. The van der Waals surface area contributed by atoms with E-state index in [0.717, 1.165) is 19.3 Å². The summed E-state index contributed by atoms with van der Waals surface area (Å²) in [7, 11) is 0. The van der Waals surface area contributed by atoms with Crippen molar-refractivity contribution in [1.29, 1.82) is 0 Å². The number of hydrazone groups is 1. The minimum atomic E-state index is -1.52. The molecule has 1 aromatic carbocycles. The predicted molar refractivity (Wildman–Crippen MR) is 148 cm³/mol. The molecule has 2 heterocycles. The zero-order valence-corrected chi connectivity index (χ0v) is 22.9. The van der Waals surface area contributed by atoms with Crippen LogP contribution in [0.2, 0.25) is 0 Å². The van der Waals surface area contributed by atoms with Gasteiger partial charge in [0, 0.05) is 28.2 Å². The summed E-state index contributed by atoms with van der Waals surface area (Å²) in [4.78, 5) is 26.0. The van der Waals surface area contributed by atoms with Crippen LogP contribution in [0.4, 0.5) is 0 Å². The number of carbonyl (C=O) groups is 2. The van der Waals surface area contributed by atoms with Gasteiger partial charge in [-0.3, -0.25) is 15.0 Å². The summed E-state index contributed by atoms with van der Waals surface area (Å²) >= 11 is 3.13. The van der Waals surface area contributed by atoms with Crippen molar-refractivity contribution in [2.45, 2.75) is 75.6 Å². The van der Waals surface area contributed by atoms with Crippen molar-refractivity contribution in [3.05, 3.63) is 58.3 Å². The molecule has 1 aliphatic heterocycles. The molecule has 0 radical (unpaired) electrons. The Bertz CT molecular complexity index is 1050. The van der Waals surface area contributed by atoms with E-state index in [9.17, 15) is 14.7 Å². The van der Waals surface area contributed by atoms with Gasteiger partial charge in [0.15, 0.2) is 0 Å². The molecule has 37 heavy (non-hydrogen) atoms. The number of nitrogens with zero attached hydrogens (tertiary/aromatic N) is 1. The first-order valence-corrected chi connectivity index (χ1v) is 14.7. The van der Waals surface area contributed by atoms with Gasteiger partial charge < -0.3 is 20.5 Å². The van der Waals surface area contributed by atoms with E-state index in [0.29, 0.717) is 35.8 Å². The van der Waals surface area contributed by atoms with Crippen LogP contribution >= 0.6 is 23.1 Å². The highest BCUT2D eigenvalue weighted by Gasteiger charge is 2.56. The molecule has 0 bridgehead atoms. The van der Waals surface area contributed by atoms with Gasteiger partial charge in [-0.25, -0.2) is 0 Å². The van der Waals surface area contributed by atoms with Crippen molar-refractivity contribution in [2.75, 3.05) is 0 Å². The summed E-state index contributed by atoms with van der Waals surface area (Å²) in [5.74, 6) is 0.386. The van der Waals surface area contributed by atoms with Gasteiger partial charge in [0.25, 0.3) is 11.1 Å². The smallest absolute Gasteiger partial charge is 0.269 e. The Hall–Kier alpha value is -2.56. The molecular formula is C27H36N4O4S2. The quantitative estimate of drug-likeness (QED) is 0.317. The summed E-state index contributed by atoms with van der Waals surface area (Å²) in [6.07, 6.45) is 3.59. The number of carbonyl (C=O) groups excluding carboxylic acids is 2. The Morgan fingerprint density at radius 2 is 2.05 bits per heavy atom. The molecule has 200 valence electrons. The summed E-state index contributed by atoms with van der Waals surface area (Å²) in [6.45, 7) is 4.11. The van der Waals surface area contributed by atoms with E-state index < -0.39 is 17.9 Å². The Morgan fingerprint density at radius 1 is 1.27 bits per heavy atom. The van der Waals surface area contributed by atoms with Crippen LogP contribution in [0.1, 0.15) is 61.2 Å². The van der Waals surface area contributed by atoms with Crippen molar-refractivity contribution in [2.24, 2.45) is 16.9 Å². The molecule has 2 aliphatic rings. The van der Waals surface area contributed by atoms with Gasteiger partial charge in [-0.2, -0.15) is 0 Å². The Kier molecular flexibility index (Phi) is 9.50. The highest BCUT2D eigenvalue weighted by molar-refractivity contribution is 8.12. The fourth-order valence-corrected chi connectivity index (χ4v) is 6.92. The van der Waals surface area contributed by atoms with Gasteiger partial charge in [0.2, 0.25) is 12.6 Å². The summed E-state index contributed by atoms with van der Waals surface area (Å²) in [5, 5.41) is 25.5. The van der Waals surface area contributed by atoms with E-state index in [4.69, 9.17) is 4.74 Å². The van der Waals surface area contributed by atoms with Gasteiger partial charge in [0.1, 0.15) is 5.60 Å². The Balaban J connectivity index is 1.58. The third-order valence-electron chi connectivity index (χ3n) is 7.08. The highest BCUT2D eigenvalue weighted by atomic mass is 32.2. The lowest BCUT2D eigenvalue weighted by Gasteiger charge is -2.49. The lowest BCUT2D eigenvalue weighted by Crippen LogP contribution is -2.69. The number of hydrogen-bond donors (Lipinski definition) is 4. The van der Waals surface area contributed by atoms with E-state index in [1.165, 1.54) is 16.6 Å². The summed E-state index contributed by atoms with van der Waals surface area (Å²) in [5.41, 5.74) is 2.08. The minimum absolute atomic E-state index is 0.174. The molecule has 5 atom stereocenters. The van der Waals surface area contributed by atoms with Gasteiger partial charge in [0.05, 0.1) is 6.04 Å². The van der Waals surface area contributed by atoms with Crippen molar-refractivity contribution < 1.29 is 19.4 Å². The van der Waals surface area contributed by atoms with Crippen LogP contribution in [0.25, 0.3) is 0 Å². The molecular weight excluding hydrogens is 508 g/mol. The van der Waals surface area contributed by atoms with Crippen molar-refractivity contribution in [1.82, 2.24) is 16.1 Å². The van der Waals surface area contributed by atoms with E-state index in [2.05, 4.69) is 41.1 Å². The zero-order chi connectivity index (χ0) is 26.3. The number of amides is 2. The van der Waals surface area contributed by atoms with E-state index >= 15 is 0 Å². The van der Waals surface area contributed by atoms with Crippen LogP contribution in [0, 0.1) is 11.8 Å². The second-order valence-corrected chi connectivity index (χ2v) is 12.0. The van der Waals surface area contributed by atoms with Gasteiger partial charge in [-0.15, -0.1) is 16.4 Å². The number of nitrogens with one attached hydrogen (secondary N) is 3. The molecule has 8 nitrogen and oxygen atoms in total. The van der Waals surface area contributed by atoms with E-state index in [1.807, 2.05) is 29.6 Å². The monoisotopic (exact) mass is 544 g/mol. The second kappa shape index (κ2) is 12.8. The summed E-state index contributed by atoms with van der Waals surface area (Å²) in [6, 6.07) is 12.3. The first-order valence-electron chi connectivity index (χ1n) is 12.8. The molecule has 10 heteroatoms. The van der Waals surface area contributed by atoms with Crippen LogP contribution in [-0.2, 0) is 15.3 Å². The molecule has 1 fully saturated rings. The first kappa shape index (κ1) is 27.5.